The van der Waals surface area contributed by atoms with Gasteiger partial charge in [0.15, 0.2) is 0 Å². The summed E-state index contributed by atoms with van der Waals surface area (Å²) in [7, 11) is 3.01. The van der Waals surface area contributed by atoms with Crippen LogP contribution < -0.4 is 15.2 Å². The Morgan fingerprint density at radius 3 is 2.58 bits per heavy atom. The van der Waals surface area contributed by atoms with Crippen LogP contribution in [0.15, 0.2) is 30.6 Å². The number of nitrogens with two attached hydrogens (primary N) is 1. The lowest BCUT2D eigenvalue weighted by Crippen LogP contribution is -2.09. The van der Waals surface area contributed by atoms with Crippen molar-refractivity contribution in [2.45, 2.75) is 0 Å². The predicted octanol–water partition coefficient (Wildman–Crippen LogP) is 1.49. The fraction of sp³-hybridized carbons (Fsp3) is 0.154. The monoisotopic (exact) mass is 258 g/mol. The normalized spacial score (nSPS) is 10.0. The van der Waals surface area contributed by atoms with Crippen LogP contribution in [-0.2, 0) is 0 Å². The van der Waals surface area contributed by atoms with E-state index in [-0.39, 0.29) is 5.71 Å². The van der Waals surface area contributed by atoms with Crippen LogP contribution in [0.1, 0.15) is 11.1 Å². The zero-order valence-corrected chi connectivity index (χ0v) is 10.7. The molecule has 0 aromatic carbocycles. The quantitative estimate of drug-likeness (QED) is 0.810. The predicted molar refractivity (Wildman–Crippen MR) is 71.9 cm³/mol. The van der Waals surface area contributed by atoms with Gasteiger partial charge >= 0.3 is 0 Å². The second-order valence-corrected chi connectivity index (χ2v) is 3.75. The highest BCUT2D eigenvalue weighted by Gasteiger charge is 2.16. The summed E-state index contributed by atoms with van der Waals surface area (Å²) in [4.78, 5) is 8.06. The van der Waals surface area contributed by atoms with Gasteiger partial charge in [0.05, 0.1) is 25.5 Å². The van der Waals surface area contributed by atoms with Gasteiger partial charge < -0.3 is 15.2 Å². The Morgan fingerprint density at radius 1 is 1.16 bits per heavy atom. The lowest BCUT2D eigenvalue weighted by atomic mass is 10.0. The van der Waals surface area contributed by atoms with Crippen LogP contribution in [0.2, 0.25) is 0 Å². The van der Waals surface area contributed by atoms with Gasteiger partial charge in [-0.25, -0.2) is 9.97 Å². The molecule has 0 aliphatic rings. The summed E-state index contributed by atoms with van der Waals surface area (Å²) in [6.45, 7) is 0. The topological polar surface area (TPSA) is 94.1 Å². The molecule has 0 aliphatic carbocycles. The molecule has 2 rings (SSSR count). The van der Waals surface area contributed by atoms with Gasteiger partial charge in [0.1, 0.15) is 0 Å². The van der Waals surface area contributed by atoms with Crippen LogP contribution in [0.4, 0.5) is 5.69 Å². The van der Waals surface area contributed by atoms with Crippen LogP contribution in [-0.4, -0.2) is 29.9 Å². The molecule has 0 saturated carbocycles. The molecule has 19 heavy (non-hydrogen) atoms. The first-order valence-corrected chi connectivity index (χ1v) is 5.55. The van der Waals surface area contributed by atoms with Crippen molar-refractivity contribution in [3.8, 4) is 11.8 Å². The molecule has 0 unspecified atom stereocenters. The average molecular weight is 258 g/mol. The molecule has 0 saturated heterocycles. The minimum absolute atomic E-state index is 0.211. The molecule has 6 nitrogen and oxygen atoms in total. The second-order valence-electron chi connectivity index (χ2n) is 3.75. The van der Waals surface area contributed by atoms with Gasteiger partial charge in [0.25, 0.3) is 0 Å². The first-order valence-electron chi connectivity index (χ1n) is 5.55. The van der Waals surface area contributed by atoms with Gasteiger partial charge in [0.2, 0.25) is 11.8 Å². The average Bonchev–Trinajstić information content (AvgIpc) is 2.46. The molecule has 3 N–H and O–H groups in total. The number of methoxy groups -OCH3 is 2. The maximum absolute atomic E-state index is 8.24. The van der Waals surface area contributed by atoms with E-state index >= 15 is 0 Å². The number of nitrogens with zero attached hydrogens (tertiary/aromatic N) is 2. The van der Waals surface area contributed by atoms with Crippen molar-refractivity contribution in [1.82, 2.24) is 9.97 Å². The Kier molecular flexibility index (Phi) is 3.61. The van der Waals surface area contributed by atoms with E-state index in [1.165, 1.54) is 20.4 Å². The molecule has 0 bridgehead atoms. The van der Waals surface area contributed by atoms with Gasteiger partial charge in [-0.3, -0.25) is 5.41 Å². The molecule has 2 aromatic heterocycles. The molecule has 0 spiro atoms. The summed E-state index contributed by atoms with van der Waals surface area (Å²) in [5.41, 5.74) is 7.63. The minimum Gasteiger partial charge on any atom is -0.481 e. The number of ether oxygens (including phenoxy) is 2. The highest BCUT2D eigenvalue weighted by Crippen LogP contribution is 2.25. The lowest BCUT2D eigenvalue weighted by molar-refractivity contribution is 0.396. The first kappa shape index (κ1) is 12.8. The van der Waals surface area contributed by atoms with Gasteiger partial charge in [-0.15, -0.1) is 0 Å². The minimum atomic E-state index is 0.211. The van der Waals surface area contributed by atoms with Crippen molar-refractivity contribution < 1.29 is 9.47 Å². The van der Waals surface area contributed by atoms with Gasteiger partial charge in [-0.1, -0.05) is 0 Å². The van der Waals surface area contributed by atoms with Crippen LogP contribution in [0.5, 0.6) is 11.8 Å². The summed E-state index contributed by atoms with van der Waals surface area (Å²) in [6, 6.07) is 5.00. The molecule has 0 aliphatic heterocycles. The molecule has 2 heterocycles. The number of pyridine rings is 2. The third-order valence-corrected chi connectivity index (χ3v) is 2.62. The number of hydrogen-bond donors (Lipinski definition) is 2. The maximum Gasteiger partial charge on any atom is 0.224 e. The van der Waals surface area contributed by atoms with Crippen molar-refractivity contribution in [2.75, 3.05) is 20.0 Å². The van der Waals surface area contributed by atoms with Crippen LogP contribution in [0, 0.1) is 5.41 Å². The second kappa shape index (κ2) is 5.34. The van der Waals surface area contributed by atoms with E-state index in [0.29, 0.717) is 28.6 Å². The molecule has 0 fully saturated rings. The Morgan fingerprint density at radius 2 is 1.89 bits per heavy atom. The summed E-state index contributed by atoms with van der Waals surface area (Å²) in [5, 5.41) is 8.24. The van der Waals surface area contributed by atoms with Gasteiger partial charge in [0, 0.05) is 29.7 Å². The van der Waals surface area contributed by atoms with Crippen molar-refractivity contribution in [3.63, 3.8) is 0 Å². The van der Waals surface area contributed by atoms with E-state index in [0.717, 1.165) is 0 Å². The zero-order valence-electron chi connectivity index (χ0n) is 10.7. The maximum atomic E-state index is 8.24. The first-order chi connectivity index (χ1) is 9.17. The molecular weight excluding hydrogens is 244 g/mol. The molecular formula is C13H14N4O2. The van der Waals surface area contributed by atoms with Crippen molar-refractivity contribution >= 4 is 11.4 Å². The zero-order chi connectivity index (χ0) is 13.8. The number of rotatable bonds is 4. The molecule has 0 amide bonds. The number of nitrogens with one attached hydrogen (secondary N) is 1. The van der Waals surface area contributed by atoms with Crippen molar-refractivity contribution in [1.29, 1.82) is 5.41 Å². The molecule has 2 aromatic rings. The Bertz CT molecular complexity index is 613. The van der Waals surface area contributed by atoms with Gasteiger partial charge in [-0.2, -0.15) is 0 Å². The largest absolute Gasteiger partial charge is 0.481 e. The number of anilines is 1. The summed E-state index contributed by atoms with van der Waals surface area (Å²) in [6.07, 6.45) is 3.11. The fourth-order valence-corrected chi connectivity index (χ4v) is 1.68. The highest BCUT2D eigenvalue weighted by molar-refractivity contribution is 6.15. The van der Waals surface area contributed by atoms with E-state index in [2.05, 4.69) is 9.97 Å². The van der Waals surface area contributed by atoms with E-state index in [4.69, 9.17) is 20.6 Å². The van der Waals surface area contributed by atoms with E-state index < -0.39 is 0 Å². The van der Waals surface area contributed by atoms with Crippen LogP contribution in [0.25, 0.3) is 0 Å². The van der Waals surface area contributed by atoms with Crippen molar-refractivity contribution in [3.05, 3.63) is 41.7 Å². The molecule has 6 heteroatoms. The number of aromatic nitrogens is 2. The SMILES string of the molecule is COc1cc(C(=N)c2c(N)ccnc2OC)ccn1. The Labute approximate surface area is 110 Å². The number of hydrogen-bond acceptors (Lipinski definition) is 6. The molecule has 0 radical (unpaired) electrons. The molecule has 98 valence electrons. The van der Waals surface area contributed by atoms with Crippen molar-refractivity contribution in [2.24, 2.45) is 0 Å². The van der Waals surface area contributed by atoms with Gasteiger partial charge in [-0.05, 0) is 12.1 Å². The molecule has 0 atom stereocenters. The van der Waals surface area contributed by atoms with E-state index in [1.807, 2.05) is 0 Å². The van der Waals surface area contributed by atoms with Crippen LogP contribution in [0.3, 0.4) is 0 Å². The smallest absolute Gasteiger partial charge is 0.224 e. The number of nitrogen functional groups attached to an aromatic ring is 1. The Balaban J connectivity index is 2.49. The standard InChI is InChI=1S/C13H14N4O2/c1-18-10-7-8(3-5-16-10)12(15)11-9(14)4-6-17-13(11)19-2/h3-7,15H,1-2H3,(H2,14,17). The third-order valence-electron chi connectivity index (χ3n) is 2.62. The highest BCUT2D eigenvalue weighted by atomic mass is 16.5. The lowest BCUT2D eigenvalue weighted by Gasteiger charge is -2.11. The van der Waals surface area contributed by atoms with E-state index in [9.17, 15) is 0 Å². The summed E-state index contributed by atoms with van der Waals surface area (Å²) < 4.78 is 10.2. The summed E-state index contributed by atoms with van der Waals surface area (Å²) >= 11 is 0. The van der Waals surface area contributed by atoms with E-state index in [1.54, 1.807) is 24.4 Å². The Hall–Kier alpha value is -2.63. The van der Waals surface area contributed by atoms with Crippen LogP contribution >= 0.6 is 0 Å². The fourth-order valence-electron chi connectivity index (χ4n) is 1.68. The summed E-state index contributed by atoms with van der Waals surface area (Å²) in [5.74, 6) is 0.754. The third kappa shape index (κ3) is 2.47.